The first-order chi connectivity index (χ1) is 9.97. The van der Waals surface area contributed by atoms with Gasteiger partial charge in [-0.05, 0) is 43.2 Å². The summed E-state index contributed by atoms with van der Waals surface area (Å²) in [4.78, 5) is 22.9. The van der Waals surface area contributed by atoms with E-state index in [0.717, 1.165) is 16.7 Å². The number of aromatic carboxylic acids is 1. The van der Waals surface area contributed by atoms with E-state index in [-0.39, 0.29) is 11.3 Å². The van der Waals surface area contributed by atoms with E-state index in [0.29, 0.717) is 5.56 Å². The number of ketones is 1. The summed E-state index contributed by atoms with van der Waals surface area (Å²) in [6, 6.07) is 12.1. The highest BCUT2D eigenvalue weighted by Crippen LogP contribution is 2.13. The van der Waals surface area contributed by atoms with Crippen LogP contribution in [0, 0.1) is 13.8 Å². The Morgan fingerprint density at radius 2 is 1.67 bits per heavy atom. The van der Waals surface area contributed by atoms with Crippen LogP contribution in [0.15, 0.2) is 48.5 Å². The van der Waals surface area contributed by atoms with E-state index in [9.17, 15) is 9.59 Å². The Morgan fingerprint density at radius 1 is 1.00 bits per heavy atom. The molecule has 0 saturated heterocycles. The third-order valence-corrected chi connectivity index (χ3v) is 3.23. The van der Waals surface area contributed by atoms with E-state index >= 15 is 0 Å². The molecule has 0 atom stereocenters. The minimum Gasteiger partial charge on any atom is -0.478 e. The number of hydrogen-bond donors (Lipinski definition) is 1. The van der Waals surface area contributed by atoms with Crippen molar-refractivity contribution in [1.29, 1.82) is 0 Å². The van der Waals surface area contributed by atoms with Crippen molar-refractivity contribution in [3.63, 3.8) is 0 Å². The molecule has 106 valence electrons. The van der Waals surface area contributed by atoms with E-state index < -0.39 is 5.97 Å². The average molecular weight is 280 g/mol. The van der Waals surface area contributed by atoms with Gasteiger partial charge in [0, 0.05) is 5.56 Å². The van der Waals surface area contributed by atoms with E-state index in [1.165, 1.54) is 18.2 Å². The lowest BCUT2D eigenvalue weighted by Gasteiger charge is -2.03. The molecule has 2 aromatic rings. The molecule has 0 aromatic heterocycles. The van der Waals surface area contributed by atoms with Crippen LogP contribution in [0.1, 0.15) is 37.4 Å². The topological polar surface area (TPSA) is 54.4 Å². The highest BCUT2D eigenvalue weighted by Gasteiger charge is 2.05. The van der Waals surface area contributed by atoms with Crippen LogP contribution in [0.5, 0.6) is 0 Å². The first kappa shape index (κ1) is 14.7. The van der Waals surface area contributed by atoms with Gasteiger partial charge in [0.25, 0.3) is 0 Å². The van der Waals surface area contributed by atoms with Gasteiger partial charge in [0.05, 0.1) is 5.56 Å². The van der Waals surface area contributed by atoms with Crippen LogP contribution in [-0.2, 0) is 0 Å². The number of allylic oxidation sites excluding steroid dienone is 1. The van der Waals surface area contributed by atoms with Crippen molar-refractivity contribution in [2.75, 3.05) is 0 Å². The van der Waals surface area contributed by atoms with Crippen LogP contribution in [0.4, 0.5) is 0 Å². The smallest absolute Gasteiger partial charge is 0.335 e. The molecule has 2 aromatic carbocycles. The summed E-state index contributed by atoms with van der Waals surface area (Å²) in [5, 5.41) is 8.82. The average Bonchev–Trinajstić information content (AvgIpc) is 2.45. The standard InChI is InChI=1S/C18H16O3/c1-12-3-9-16(13(2)11-12)17(19)10-6-14-4-7-15(8-5-14)18(20)21/h3-11H,1-2H3,(H,20,21). The molecule has 0 aliphatic rings. The maximum Gasteiger partial charge on any atom is 0.335 e. The van der Waals surface area contributed by atoms with Crippen LogP contribution in [0.3, 0.4) is 0 Å². The fourth-order valence-electron chi connectivity index (χ4n) is 2.09. The van der Waals surface area contributed by atoms with Crippen molar-refractivity contribution in [1.82, 2.24) is 0 Å². The molecule has 2 rings (SSSR count). The molecule has 0 radical (unpaired) electrons. The summed E-state index contributed by atoms with van der Waals surface area (Å²) >= 11 is 0. The van der Waals surface area contributed by atoms with Gasteiger partial charge >= 0.3 is 5.97 Å². The van der Waals surface area contributed by atoms with Crippen LogP contribution >= 0.6 is 0 Å². The fraction of sp³-hybridized carbons (Fsp3) is 0.111. The molecule has 0 saturated carbocycles. The molecule has 0 spiro atoms. The summed E-state index contributed by atoms with van der Waals surface area (Å²) < 4.78 is 0. The number of benzene rings is 2. The van der Waals surface area contributed by atoms with Crippen LogP contribution < -0.4 is 0 Å². The Balaban J connectivity index is 2.16. The van der Waals surface area contributed by atoms with Crippen LogP contribution in [0.2, 0.25) is 0 Å². The number of carbonyl (C=O) groups is 2. The lowest BCUT2D eigenvalue weighted by atomic mass is 10.0. The van der Waals surface area contributed by atoms with E-state index in [1.807, 2.05) is 32.0 Å². The Hall–Kier alpha value is -2.68. The predicted molar refractivity (Wildman–Crippen MR) is 82.7 cm³/mol. The van der Waals surface area contributed by atoms with Crippen molar-refractivity contribution in [3.8, 4) is 0 Å². The molecule has 21 heavy (non-hydrogen) atoms. The van der Waals surface area contributed by atoms with Gasteiger partial charge in [-0.1, -0.05) is 42.0 Å². The SMILES string of the molecule is Cc1ccc(C(=O)C=Cc2ccc(C(=O)O)cc2)c(C)c1. The summed E-state index contributed by atoms with van der Waals surface area (Å²) in [6.07, 6.45) is 3.20. The summed E-state index contributed by atoms with van der Waals surface area (Å²) in [7, 11) is 0. The van der Waals surface area contributed by atoms with E-state index in [4.69, 9.17) is 5.11 Å². The molecule has 0 fully saturated rings. The molecular weight excluding hydrogens is 264 g/mol. The Labute approximate surface area is 123 Å². The monoisotopic (exact) mass is 280 g/mol. The van der Waals surface area contributed by atoms with Crippen LogP contribution in [0.25, 0.3) is 6.08 Å². The zero-order chi connectivity index (χ0) is 15.4. The minimum absolute atomic E-state index is 0.0604. The lowest BCUT2D eigenvalue weighted by molar-refractivity contribution is 0.0696. The highest BCUT2D eigenvalue weighted by atomic mass is 16.4. The molecule has 0 heterocycles. The van der Waals surface area contributed by atoms with Crippen molar-refractivity contribution in [2.24, 2.45) is 0 Å². The van der Waals surface area contributed by atoms with E-state index in [1.54, 1.807) is 18.2 Å². The molecule has 1 N–H and O–H groups in total. The second kappa shape index (κ2) is 6.18. The number of aryl methyl sites for hydroxylation is 2. The van der Waals surface area contributed by atoms with E-state index in [2.05, 4.69) is 0 Å². The Bertz CT molecular complexity index is 710. The largest absolute Gasteiger partial charge is 0.478 e. The Kier molecular flexibility index (Phi) is 4.33. The predicted octanol–water partition coefficient (Wildman–Crippen LogP) is 3.90. The van der Waals surface area contributed by atoms with Crippen LogP contribution in [-0.4, -0.2) is 16.9 Å². The van der Waals surface area contributed by atoms with Crippen molar-refractivity contribution >= 4 is 17.8 Å². The maximum atomic E-state index is 12.1. The molecule has 3 nitrogen and oxygen atoms in total. The first-order valence-corrected chi connectivity index (χ1v) is 6.60. The molecule has 0 unspecified atom stereocenters. The minimum atomic E-state index is -0.961. The number of rotatable bonds is 4. The molecule has 0 amide bonds. The molecule has 0 aliphatic heterocycles. The number of carbonyl (C=O) groups excluding carboxylic acids is 1. The van der Waals surface area contributed by atoms with Gasteiger partial charge in [0.2, 0.25) is 0 Å². The number of carboxylic acid groups (broad SMARTS) is 1. The number of hydrogen-bond acceptors (Lipinski definition) is 2. The summed E-state index contributed by atoms with van der Waals surface area (Å²) in [5.74, 6) is -1.02. The first-order valence-electron chi connectivity index (χ1n) is 6.60. The second-order valence-electron chi connectivity index (χ2n) is 4.94. The number of carboxylic acids is 1. The molecule has 3 heteroatoms. The van der Waals surface area contributed by atoms with Gasteiger partial charge < -0.3 is 5.11 Å². The summed E-state index contributed by atoms with van der Waals surface area (Å²) in [5.41, 5.74) is 3.77. The Morgan fingerprint density at radius 3 is 2.24 bits per heavy atom. The fourth-order valence-corrected chi connectivity index (χ4v) is 2.09. The zero-order valence-electron chi connectivity index (χ0n) is 12.0. The van der Waals surface area contributed by atoms with Gasteiger partial charge in [-0.15, -0.1) is 0 Å². The molecular formula is C18H16O3. The van der Waals surface area contributed by atoms with Gasteiger partial charge in [0.15, 0.2) is 5.78 Å². The maximum absolute atomic E-state index is 12.1. The summed E-state index contributed by atoms with van der Waals surface area (Å²) in [6.45, 7) is 3.90. The quantitative estimate of drug-likeness (QED) is 0.682. The normalized spacial score (nSPS) is 10.8. The third-order valence-electron chi connectivity index (χ3n) is 3.23. The van der Waals surface area contributed by atoms with Crippen molar-refractivity contribution < 1.29 is 14.7 Å². The molecule has 0 aliphatic carbocycles. The lowest BCUT2D eigenvalue weighted by Crippen LogP contribution is -1.98. The molecule has 0 bridgehead atoms. The van der Waals surface area contributed by atoms with Crippen molar-refractivity contribution in [2.45, 2.75) is 13.8 Å². The van der Waals surface area contributed by atoms with Gasteiger partial charge in [-0.25, -0.2) is 4.79 Å². The van der Waals surface area contributed by atoms with Gasteiger partial charge in [-0.3, -0.25) is 4.79 Å². The zero-order valence-corrected chi connectivity index (χ0v) is 12.0. The van der Waals surface area contributed by atoms with Gasteiger partial charge in [-0.2, -0.15) is 0 Å². The third kappa shape index (κ3) is 3.66. The van der Waals surface area contributed by atoms with Crippen molar-refractivity contribution in [3.05, 3.63) is 76.4 Å². The van der Waals surface area contributed by atoms with Gasteiger partial charge in [0.1, 0.15) is 0 Å². The highest BCUT2D eigenvalue weighted by molar-refractivity contribution is 6.07. The second-order valence-corrected chi connectivity index (χ2v) is 4.94.